The first-order valence-corrected chi connectivity index (χ1v) is 14.8. The van der Waals surface area contributed by atoms with Gasteiger partial charge in [0.05, 0.1) is 6.54 Å². The van der Waals surface area contributed by atoms with Crippen molar-refractivity contribution in [2.24, 2.45) is 0 Å². The quantitative estimate of drug-likeness (QED) is 0.210. The van der Waals surface area contributed by atoms with Gasteiger partial charge in [0.2, 0.25) is 5.91 Å². The minimum Gasteiger partial charge on any atom is -0.333 e. The van der Waals surface area contributed by atoms with Crippen molar-refractivity contribution in [3.05, 3.63) is 111 Å². The lowest BCUT2D eigenvalue weighted by atomic mass is 9.83. The average Bonchev–Trinajstić information content (AvgIpc) is 3.63. The van der Waals surface area contributed by atoms with Gasteiger partial charge in [-0.2, -0.15) is 23.5 Å². The summed E-state index contributed by atoms with van der Waals surface area (Å²) in [4.78, 5) is 18.8. The summed E-state index contributed by atoms with van der Waals surface area (Å²) in [6.07, 6.45) is 1.03. The van der Waals surface area contributed by atoms with Gasteiger partial charge in [0.1, 0.15) is 10.9 Å². The maximum Gasteiger partial charge on any atom is 0.435 e. The second-order valence-electron chi connectivity index (χ2n) is 10.8. The zero-order valence-corrected chi connectivity index (χ0v) is 25.0. The van der Waals surface area contributed by atoms with Crippen LogP contribution in [0.4, 0.5) is 13.2 Å². The molecule has 0 fully saturated rings. The van der Waals surface area contributed by atoms with Crippen LogP contribution in [0.3, 0.4) is 0 Å². The molecule has 1 amide bonds. The number of nitrogens with zero attached hydrogens (tertiary/aromatic N) is 5. The van der Waals surface area contributed by atoms with Crippen LogP contribution < -0.4 is 0 Å². The van der Waals surface area contributed by atoms with E-state index in [9.17, 15) is 23.2 Å². The number of amides is 1. The van der Waals surface area contributed by atoms with Crippen LogP contribution in [0.1, 0.15) is 45.0 Å². The van der Waals surface area contributed by atoms with Gasteiger partial charge in [-0.05, 0) is 55.8 Å². The number of halogens is 3. The largest absolute Gasteiger partial charge is 0.435 e. The lowest BCUT2D eigenvalue weighted by Crippen LogP contribution is -2.37. The van der Waals surface area contributed by atoms with Crippen LogP contribution in [0.25, 0.3) is 11.1 Å². The van der Waals surface area contributed by atoms with Crippen LogP contribution in [0.15, 0.2) is 79.0 Å². The number of aryl methyl sites for hydroxylation is 1. The molecule has 5 rings (SSSR count). The van der Waals surface area contributed by atoms with Gasteiger partial charge in [-0.15, -0.1) is 11.3 Å². The molecule has 0 radical (unpaired) electrons. The van der Waals surface area contributed by atoms with Gasteiger partial charge in [0.25, 0.3) is 0 Å². The van der Waals surface area contributed by atoms with Crippen molar-refractivity contribution in [3.8, 4) is 17.2 Å². The highest BCUT2D eigenvalue weighted by Crippen LogP contribution is 2.44. The van der Waals surface area contributed by atoms with Gasteiger partial charge < -0.3 is 9.80 Å². The molecule has 1 unspecified atom stereocenters. The summed E-state index contributed by atoms with van der Waals surface area (Å²) in [7, 11) is 3.93. The molecule has 3 heterocycles. The molecule has 6 nitrogen and oxygen atoms in total. The van der Waals surface area contributed by atoms with Crippen LogP contribution in [0.2, 0.25) is 0 Å². The Morgan fingerprint density at radius 3 is 2.53 bits per heavy atom. The van der Waals surface area contributed by atoms with Gasteiger partial charge in [-0.25, -0.2) is 0 Å². The normalized spacial score (nSPS) is 16.0. The number of hydrogen-bond donors (Lipinski definition) is 0. The predicted octanol–water partition coefficient (Wildman–Crippen LogP) is 6.73. The molecule has 0 bridgehead atoms. The van der Waals surface area contributed by atoms with E-state index in [-0.39, 0.29) is 24.1 Å². The Morgan fingerprint density at radius 2 is 1.86 bits per heavy atom. The van der Waals surface area contributed by atoms with Crippen molar-refractivity contribution >= 4 is 17.2 Å². The van der Waals surface area contributed by atoms with E-state index < -0.39 is 17.8 Å². The Hall–Kier alpha value is -4.20. The van der Waals surface area contributed by atoms with E-state index in [4.69, 9.17) is 0 Å². The number of aromatic nitrogens is 2. The van der Waals surface area contributed by atoms with Crippen molar-refractivity contribution in [2.45, 2.75) is 44.6 Å². The molecule has 10 heteroatoms. The molecule has 0 saturated carbocycles. The number of carbonyl (C=O) groups excluding carboxylic acids is 1. The lowest BCUT2D eigenvalue weighted by Gasteiger charge is -2.33. The molecular formula is C33H32F3N5OS. The predicted molar refractivity (Wildman–Crippen MR) is 161 cm³/mol. The summed E-state index contributed by atoms with van der Waals surface area (Å²) < 4.78 is 43.5. The number of fused-ring (bicyclic) bond motifs is 1. The first-order chi connectivity index (χ1) is 20.6. The lowest BCUT2D eigenvalue weighted by molar-refractivity contribution is -0.141. The highest BCUT2D eigenvalue weighted by molar-refractivity contribution is 7.12. The monoisotopic (exact) mass is 603 g/mol. The molecule has 4 aromatic rings. The summed E-state index contributed by atoms with van der Waals surface area (Å²) >= 11 is 1.32. The number of alkyl halides is 3. The molecule has 0 aliphatic carbocycles. The third kappa shape index (κ3) is 6.58. The summed E-state index contributed by atoms with van der Waals surface area (Å²) in [6.45, 7) is 2.63. The molecule has 222 valence electrons. The maximum absolute atomic E-state index is 14.1. The zero-order chi connectivity index (χ0) is 30.7. The summed E-state index contributed by atoms with van der Waals surface area (Å²) in [5.74, 6) is -0.606. The van der Waals surface area contributed by atoms with Crippen molar-refractivity contribution in [3.63, 3.8) is 0 Å². The van der Waals surface area contributed by atoms with Gasteiger partial charge in [0.15, 0.2) is 5.69 Å². The summed E-state index contributed by atoms with van der Waals surface area (Å²) in [6, 6.07) is 21.0. The van der Waals surface area contributed by atoms with Crippen molar-refractivity contribution in [2.75, 3.05) is 20.6 Å². The van der Waals surface area contributed by atoms with Crippen molar-refractivity contribution < 1.29 is 18.0 Å². The zero-order valence-electron chi connectivity index (χ0n) is 24.2. The number of likely N-dealkylation sites (N-methyl/N-ethyl adjacent to an activating group) is 1. The third-order valence-electron chi connectivity index (χ3n) is 7.77. The molecule has 2 aromatic heterocycles. The highest BCUT2D eigenvalue weighted by Gasteiger charge is 2.39. The average molecular weight is 604 g/mol. The first kappa shape index (κ1) is 30.3. The van der Waals surface area contributed by atoms with Crippen LogP contribution in [0.5, 0.6) is 0 Å². The second kappa shape index (κ2) is 12.6. The van der Waals surface area contributed by atoms with E-state index in [2.05, 4.69) is 28.2 Å². The minimum atomic E-state index is -4.63. The number of thiophene rings is 1. The summed E-state index contributed by atoms with van der Waals surface area (Å²) in [5, 5.41) is 13.5. The van der Waals surface area contributed by atoms with Gasteiger partial charge in [-0.1, -0.05) is 60.7 Å². The smallest absolute Gasteiger partial charge is 0.333 e. The van der Waals surface area contributed by atoms with Gasteiger partial charge in [-0.3, -0.25) is 9.48 Å². The Bertz CT molecular complexity index is 1670. The standard InChI is InChI=1S/C33H32F3N5OS/c1-4-41-20-29(32(38-41)33(34,35)36)26-13-9-8-12-25(26)28-19-40(21-30-27(28)17-24(18-37)43-30)31(42)15-14-23(39(2)3)16-22-10-6-5-7-11-22/h5-15,17,20,23,28H,4,16,19,21H2,1-3H3/b15-14+/t23?,28-/m0/s1. The van der Waals surface area contributed by atoms with Gasteiger partial charge in [0, 0.05) is 47.8 Å². The maximum atomic E-state index is 14.1. The Balaban J connectivity index is 1.50. The molecule has 0 saturated heterocycles. The molecular weight excluding hydrogens is 571 g/mol. The van der Waals surface area contributed by atoms with Crippen molar-refractivity contribution in [1.82, 2.24) is 19.6 Å². The minimum absolute atomic E-state index is 0.000295. The molecule has 1 aliphatic heterocycles. The highest BCUT2D eigenvalue weighted by atomic mass is 32.1. The molecule has 1 aliphatic rings. The van der Waals surface area contributed by atoms with E-state index >= 15 is 0 Å². The summed E-state index contributed by atoms with van der Waals surface area (Å²) in [5.41, 5.74) is 2.16. The fourth-order valence-electron chi connectivity index (χ4n) is 5.52. The Morgan fingerprint density at radius 1 is 1.14 bits per heavy atom. The van der Waals surface area contributed by atoms with Crippen molar-refractivity contribution in [1.29, 1.82) is 5.26 Å². The number of carbonyl (C=O) groups is 1. The van der Waals surface area contributed by atoms with E-state index in [0.29, 0.717) is 29.1 Å². The van der Waals surface area contributed by atoms with E-state index in [0.717, 1.165) is 22.4 Å². The van der Waals surface area contributed by atoms with E-state index in [1.165, 1.54) is 22.2 Å². The van der Waals surface area contributed by atoms with Gasteiger partial charge >= 0.3 is 6.18 Å². The van der Waals surface area contributed by atoms with E-state index in [1.807, 2.05) is 44.4 Å². The Kier molecular flexibility index (Phi) is 8.85. The molecule has 2 aromatic carbocycles. The SMILES string of the molecule is CCn1cc(-c2ccccc2[C@@H]2CN(C(=O)/C=C/C(Cc3ccccc3)N(C)C)Cc3sc(C#N)cc32)c(C(F)(F)F)n1. The number of rotatable bonds is 8. The van der Waals surface area contributed by atoms with Crippen LogP contribution in [-0.2, 0) is 30.5 Å². The van der Waals surface area contributed by atoms with Crippen LogP contribution in [-0.4, -0.2) is 52.2 Å². The number of benzene rings is 2. The fraction of sp³-hybridized carbons (Fsp3) is 0.303. The first-order valence-electron chi connectivity index (χ1n) is 14.0. The second-order valence-corrected chi connectivity index (χ2v) is 11.9. The number of hydrogen-bond acceptors (Lipinski definition) is 5. The third-order valence-corrected chi connectivity index (χ3v) is 8.81. The fourth-order valence-corrected chi connectivity index (χ4v) is 6.56. The van der Waals surface area contributed by atoms with Crippen LogP contribution in [0, 0.1) is 11.3 Å². The van der Waals surface area contributed by atoms with E-state index in [1.54, 1.807) is 42.2 Å². The molecule has 0 spiro atoms. The molecule has 2 atom stereocenters. The Labute approximate surface area is 253 Å². The topological polar surface area (TPSA) is 65.2 Å². The van der Waals surface area contributed by atoms with Crippen LogP contribution >= 0.6 is 11.3 Å². The molecule has 0 N–H and O–H groups in total. The molecule has 43 heavy (non-hydrogen) atoms. The number of nitriles is 1.